The summed E-state index contributed by atoms with van der Waals surface area (Å²) in [7, 11) is 4.81. The summed E-state index contributed by atoms with van der Waals surface area (Å²) >= 11 is 5.24. The number of methoxy groups -OCH3 is 1. The lowest BCUT2D eigenvalue weighted by molar-refractivity contribution is -0.142. The minimum Gasteiger partial charge on any atom is -0.469 e. The molecular formula is C20H21NO4S. The molecule has 0 saturated heterocycles. The van der Waals surface area contributed by atoms with Gasteiger partial charge in [-0.15, -0.1) is 0 Å². The average molecular weight is 371 g/mol. The molecule has 0 radical (unpaired) electrons. The van der Waals surface area contributed by atoms with Gasteiger partial charge in [0.05, 0.1) is 18.6 Å². The van der Waals surface area contributed by atoms with Gasteiger partial charge < -0.3 is 14.4 Å². The van der Waals surface area contributed by atoms with E-state index >= 15 is 0 Å². The Morgan fingerprint density at radius 1 is 1.04 bits per heavy atom. The van der Waals surface area contributed by atoms with Gasteiger partial charge in [0.2, 0.25) is 0 Å². The van der Waals surface area contributed by atoms with Crippen LogP contribution in [-0.4, -0.2) is 43.0 Å². The predicted molar refractivity (Wildman–Crippen MR) is 104 cm³/mol. The monoisotopic (exact) mass is 371 g/mol. The Balaban J connectivity index is 2.58. The van der Waals surface area contributed by atoms with E-state index in [1.807, 2.05) is 6.07 Å². The third kappa shape index (κ3) is 4.26. The van der Waals surface area contributed by atoms with Gasteiger partial charge in [-0.1, -0.05) is 42.5 Å². The van der Waals surface area contributed by atoms with Crippen molar-refractivity contribution in [2.45, 2.75) is 12.8 Å². The highest BCUT2D eigenvalue weighted by atomic mass is 32.1. The number of thiocarbonyl (C=S) groups is 1. The molecule has 2 rings (SSSR count). The van der Waals surface area contributed by atoms with E-state index in [0.717, 1.165) is 0 Å². The summed E-state index contributed by atoms with van der Waals surface area (Å²) in [4.78, 5) is 26.6. The van der Waals surface area contributed by atoms with Crippen molar-refractivity contribution < 1.29 is 19.1 Å². The molecule has 0 saturated carbocycles. The van der Waals surface area contributed by atoms with Crippen molar-refractivity contribution in [2.75, 3.05) is 21.2 Å². The normalized spacial score (nSPS) is 11.4. The maximum absolute atomic E-state index is 13.0. The number of ether oxygens (including phenoxy) is 2. The van der Waals surface area contributed by atoms with Gasteiger partial charge >= 0.3 is 5.97 Å². The number of benzene rings is 2. The van der Waals surface area contributed by atoms with Crippen LogP contribution in [0.2, 0.25) is 0 Å². The van der Waals surface area contributed by atoms with Crippen LogP contribution in [0, 0.1) is 0 Å². The minimum atomic E-state index is -0.608. The molecule has 1 atom stereocenters. The number of hydrogen-bond donors (Lipinski definition) is 0. The second-order valence-electron chi connectivity index (χ2n) is 5.93. The summed E-state index contributed by atoms with van der Waals surface area (Å²) in [6.07, 6.45) is 0. The van der Waals surface area contributed by atoms with Crippen LogP contribution >= 0.6 is 12.2 Å². The predicted octanol–water partition coefficient (Wildman–Crippen LogP) is 3.42. The van der Waals surface area contributed by atoms with Crippen molar-refractivity contribution >= 4 is 29.1 Å². The molecule has 0 spiro atoms. The first-order valence-electron chi connectivity index (χ1n) is 8.06. The third-order valence-electron chi connectivity index (χ3n) is 3.90. The largest absolute Gasteiger partial charge is 0.469 e. The van der Waals surface area contributed by atoms with Crippen molar-refractivity contribution in [2.24, 2.45) is 0 Å². The van der Waals surface area contributed by atoms with Crippen molar-refractivity contribution in [3.63, 3.8) is 0 Å². The zero-order valence-corrected chi connectivity index (χ0v) is 16.0. The van der Waals surface area contributed by atoms with E-state index in [1.54, 1.807) is 68.4 Å². The van der Waals surface area contributed by atoms with Crippen molar-refractivity contribution in [1.29, 1.82) is 0 Å². The van der Waals surface area contributed by atoms with E-state index in [0.29, 0.717) is 16.7 Å². The number of ketones is 1. The van der Waals surface area contributed by atoms with Gasteiger partial charge in [0.1, 0.15) is 5.75 Å². The van der Waals surface area contributed by atoms with Crippen LogP contribution in [0.5, 0.6) is 5.75 Å². The summed E-state index contributed by atoms with van der Waals surface area (Å²) in [5.41, 5.74) is 1.41. The zero-order valence-electron chi connectivity index (χ0n) is 15.2. The van der Waals surface area contributed by atoms with Crippen LogP contribution in [0.3, 0.4) is 0 Å². The topological polar surface area (TPSA) is 55.8 Å². The summed E-state index contributed by atoms with van der Waals surface area (Å²) in [5.74, 6) is -0.961. The van der Waals surface area contributed by atoms with E-state index in [1.165, 1.54) is 7.11 Å². The summed E-state index contributed by atoms with van der Waals surface area (Å²) < 4.78 is 10.7. The molecule has 5 nitrogen and oxygen atoms in total. The first-order chi connectivity index (χ1) is 12.4. The quantitative estimate of drug-likeness (QED) is 0.456. The highest BCUT2D eigenvalue weighted by Gasteiger charge is 2.26. The Morgan fingerprint density at radius 2 is 1.69 bits per heavy atom. The Kier molecular flexibility index (Phi) is 6.46. The van der Waals surface area contributed by atoms with E-state index < -0.39 is 11.9 Å². The fourth-order valence-electron chi connectivity index (χ4n) is 2.42. The number of para-hydroxylation sites is 1. The molecule has 2 aromatic carbocycles. The maximum atomic E-state index is 13.0. The van der Waals surface area contributed by atoms with Crippen LogP contribution in [0.15, 0.2) is 48.5 Å². The van der Waals surface area contributed by atoms with Gasteiger partial charge in [0.25, 0.3) is 5.17 Å². The Hall–Kier alpha value is -2.73. The average Bonchev–Trinajstić information content (AvgIpc) is 2.66. The number of hydrogen-bond acceptors (Lipinski definition) is 5. The minimum absolute atomic E-state index is 0.191. The lowest BCUT2D eigenvalue weighted by Gasteiger charge is -2.21. The fourth-order valence-corrected chi connectivity index (χ4v) is 2.50. The second-order valence-corrected chi connectivity index (χ2v) is 6.28. The lowest BCUT2D eigenvalue weighted by atomic mass is 9.94. The lowest BCUT2D eigenvalue weighted by Crippen LogP contribution is -2.27. The van der Waals surface area contributed by atoms with Crippen LogP contribution in [-0.2, 0) is 9.53 Å². The van der Waals surface area contributed by atoms with Gasteiger partial charge in [-0.25, -0.2) is 0 Å². The Morgan fingerprint density at radius 3 is 2.27 bits per heavy atom. The van der Waals surface area contributed by atoms with Crippen molar-refractivity contribution in [3.8, 4) is 5.75 Å². The molecule has 26 heavy (non-hydrogen) atoms. The number of carbonyl (C=O) groups is 2. The fraction of sp³-hybridized carbons (Fsp3) is 0.250. The highest BCUT2D eigenvalue weighted by molar-refractivity contribution is 7.80. The molecule has 2 aromatic rings. The summed E-state index contributed by atoms with van der Waals surface area (Å²) in [6, 6.07) is 14.0. The van der Waals surface area contributed by atoms with E-state index in [2.05, 4.69) is 0 Å². The molecule has 0 heterocycles. The molecule has 0 aliphatic carbocycles. The number of nitrogens with zero attached hydrogens (tertiary/aromatic N) is 1. The highest BCUT2D eigenvalue weighted by Crippen LogP contribution is 2.33. The second kappa shape index (κ2) is 8.58. The van der Waals surface area contributed by atoms with Crippen molar-refractivity contribution in [1.82, 2.24) is 4.90 Å². The third-order valence-corrected chi connectivity index (χ3v) is 4.35. The van der Waals surface area contributed by atoms with Gasteiger partial charge in [-0.3, -0.25) is 9.59 Å². The molecule has 0 amide bonds. The molecule has 0 bridgehead atoms. The summed E-state index contributed by atoms with van der Waals surface area (Å²) in [5, 5.41) is 0.191. The Bertz CT molecular complexity index is 818. The van der Waals surface area contributed by atoms with Gasteiger partial charge in [-0.2, -0.15) is 0 Å². The van der Waals surface area contributed by atoms with E-state index in [4.69, 9.17) is 21.7 Å². The SMILES string of the molecule is COC(=O)C(C)c1cccc(C(=O)c2ccccc2)c1OC(=S)N(C)C. The van der Waals surface area contributed by atoms with Crippen LogP contribution in [0.4, 0.5) is 0 Å². The Labute approximate surface area is 158 Å². The molecular weight excluding hydrogens is 350 g/mol. The molecule has 0 N–H and O–H groups in total. The molecule has 0 fully saturated rings. The van der Waals surface area contributed by atoms with E-state index in [-0.39, 0.29) is 16.7 Å². The van der Waals surface area contributed by atoms with Crippen molar-refractivity contribution in [3.05, 3.63) is 65.2 Å². The van der Waals surface area contributed by atoms with Crippen LogP contribution in [0.1, 0.15) is 34.3 Å². The van der Waals surface area contributed by atoms with Crippen LogP contribution < -0.4 is 4.74 Å². The molecule has 6 heteroatoms. The molecule has 136 valence electrons. The standard InChI is InChI=1S/C20H21NO4S/c1-13(19(23)24-4)15-11-8-12-16(18(15)25-20(26)21(2)3)17(22)14-9-6-5-7-10-14/h5-13H,1-4H3. The molecule has 0 aliphatic rings. The first-order valence-corrected chi connectivity index (χ1v) is 8.47. The number of rotatable bonds is 5. The van der Waals surface area contributed by atoms with Gasteiger partial charge in [-0.05, 0) is 25.2 Å². The maximum Gasteiger partial charge on any atom is 0.312 e. The van der Waals surface area contributed by atoms with E-state index in [9.17, 15) is 9.59 Å². The van der Waals surface area contributed by atoms with Gasteiger partial charge in [0, 0.05) is 25.2 Å². The summed E-state index contributed by atoms with van der Waals surface area (Å²) in [6.45, 7) is 1.70. The number of carbonyl (C=O) groups excluding carboxylic acids is 2. The smallest absolute Gasteiger partial charge is 0.312 e. The van der Waals surface area contributed by atoms with Crippen LogP contribution in [0.25, 0.3) is 0 Å². The molecule has 1 unspecified atom stereocenters. The van der Waals surface area contributed by atoms with Gasteiger partial charge in [0.15, 0.2) is 5.78 Å². The first kappa shape index (κ1) is 19.6. The molecule has 0 aliphatic heterocycles. The zero-order chi connectivity index (χ0) is 19.3. The number of esters is 1. The molecule has 0 aromatic heterocycles.